The lowest BCUT2D eigenvalue weighted by Gasteiger charge is -2.15. The molecule has 1 saturated carbocycles. The van der Waals surface area contributed by atoms with Crippen molar-refractivity contribution in [1.29, 1.82) is 0 Å². The normalized spacial score (nSPS) is 15.7. The van der Waals surface area contributed by atoms with Crippen LogP contribution in [-0.2, 0) is 10.0 Å². The summed E-state index contributed by atoms with van der Waals surface area (Å²) in [6.45, 7) is 0.298. The van der Waals surface area contributed by atoms with Crippen LogP contribution in [-0.4, -0.2) is 31.0 Å². The Kier molecular flexibility index (Phi) is 5.69. The highest BCUT2D eigenvalue weighted by Crippen LogP contribution is 2.32. The zero-order valence-electron chi connectivity index (χ0n) is 12.4. The summed E-state index contributed by atoms with van der Waals surface area (Å²) in [5.74, 6) is 0.849. The summed E-state index contributed by atoms with van der Waals surface area (Å²) in [6, 6.07) is 9.20. The van der Waals surface area contributed by atoms with Crippen LogP contribution in [0, 0.1) is 5.92 Å². The van der Waals surface area contributed by atoms with E-state index in [9.17, 15) is 8.42 Å². The minimum atomic E-state index is -3.63. The van der Waals surface area contributed by atoms with Crippen LogP contribution in [0.1, 0.15) is 12.8 Å². The van der Waals surface area contributed by atoms with Gasteiger partial charge in [0.25, 0.3) is 0 Å². The van der Waals surface area contributed by atoms with Crippen LogP contribution in [0.25, 0.3) is 11.4 Å². The van der Waals surface area contributed by atoms with Gasteiger partial charge in [0.15, 0.2) is 5.82 Å². The lowest BCUT2D eigenvalue weighted by Crippen LogP contribution is -2.41. The first kappa shape index (κ1) is 17.8. The molecular formula is C15H19ClN4O2S. The van der Waals surface area contributed by atoms with E-state index in [1.807, 2.05) is 30.3 Å². The van der Waals surface area contributed by atoms with Gasteiger partial charge in [-0.15, -0.1) is 12.4 Å². The van der Waals surface area contributed by atoms with E-state index >= 15 is 0 Å². The molecule has 2 aromatic rings. The number of sulfonamides is 1. The zero-order valence-corrected chi connectivity index (χ0v) is 14.1. The lowest BCUT2D eigenvalue weighted by atomic mass is 10.2. The minimum Gasteiger partial charge on any atom is -0.329 e. The fourth-order valence-electron chi connectivity index (χ4n) is 2.29. The van der Waals surface area contributed by atoms with Crippen LogP contribution in [0.15, 0.2) is 47.6 Å². The highest BCUT2D eigenvalue weighted by molar-refractivity contribution is 7.89. The second-order valence-corrected chi connectivity index (χ2v) is 7.12. The molecular weight excluding hydrogens is 336 g/mol. The first-order valence-corrected chi connectivity index (χ1v) is 8.68. The Morgan fingerprint density at radius 1 is 1.17 bits per heavy atom. The number of nitrogens with one attached hydrogen (secondary N) is 1. The fourth-order valence-corrected chi connectivity index (χ4v) is 3.50. The Bertz CT molecular complexity index is 734. The van der Waals surface area contributed by atoms with E-state index in [1.54, 1.807) is 0 Å². The smallest absolute Gasteiger partial charge is 0.243 e. The maximum absolute atomic E-state index is 12.3. The van der Waals surface area contributed by atoms with E-state index in [-0.39, 0.29) is 23.3 Å². The highest BCUT2D eigenvalue weighted by Gasteiger charge is 2.33. The van der Waals surface area contributed by atoms with Gasteiger partial charge in [0.1, 0.15) is 4.90 Å². The predicted octanol–water partition coefficient (Wildman–Crippen LogP) is 1.58. The van der Waals surface area contributed by atoms with Crippen molar-refractivity contribution in [1.82, 2.24) is 14.7 Å². The van der Waals surface area contributed by atoms with Gasteiger partial charge in [0.2, 0.25) is 10.0 Å². The second-order valence-electron chi connectivity index (χ2n) is 5.41. The Morgan fingerprint density at radius 2 is 1.78 bits per heavy atom. The summed E-state index contributed by atoms with van der Waals surface area (Å²) < 4.78 is 27.3. The van der Waals surface area contributed by atoms with Gasteiger partial charge in [-0.3, -0.25) is 0 Å². The molecule has 1 heterocycles. The standard InChI is InChI=1S/C15H18N4O2S.ClH/c16-8-14(11-6-7-11)19-22(20,21)13-9-17-15(18-10-13)12-4-2-1-3-5-12;/h1-5,9-11,14,19H,6-8,16H2;1H. The molecule has 6 nitrogen and oxygen atoms in total. The molecule has 8 heteroatoms. The Hall–Kier alpha value is -1.54. The van der Waals surface area contributed by atoms with Crippen LogP contribution >= 0.6 is 12.4 Å². The molecule has 0 spiro atoms. The van der Waals surface area contributed by atoms with Gasteiger partial charge in [0.05, 0.1) is 12.4 Å². The third-order valence-electron chi connectivity index (χ3n) is 3.72. The highest BCUT2D eigenvalue weighted by atomic mass is 35.5. The number of nitrogens with zero attached hydrogens (tertiary/aromatic N) is 2. The summed E-state index contributed by atoms with van der Waals surface area (Å²) in [7, 11) is -3.63. The predicted molar refractivity (Wildman–Crippen MR) is 90.6 cm³/mol. The number of nitrogens with two attached hydrogens (primary N) is 1. The largest absolute Gasteiger partial charge is 0.329 e. The van der Waals surface area contributed by atoms with Gasteiger partial charge < -0.3 is 5.73 Å². The van der Waals surface area contributed by atoms with Crippen LogP contribution in [0.5, 0.6) is 0 Å². The Morgan fingerprint density at radius 3 is 2.30 bits per heavy atom. The summed E-state index contributed by atoms with van der Waals surface area (Å²) in [6.07, 6.45) is 4.71. The van der Waals surface area contributed by atoms with E-state index in [0.717, 1.165) is 18.4 Å². The van der Waals surface area contributed by atoms with Crippen molar-refractivity contribution in [3.63, 3.8) is 0 Å². The van der Waals surface area contributed by atoms with Crippen LogP contribution in [0.2, 0.25) is 0 Å². The van der Waals surface area contributed by atoms with E-state index < -0.39 is 10.0 Å². The van der Waals surface area contributed by atoms with E-state index in [2.05, 4.69) is 14.7 Å². The number of halogens is 1. The molecule has 0 radical (unpaired) electrons. The molecule has 0 saturated heterocycles. The second kappa shape index (κ2) is 7.35. The number of hydrogen-bond donors (Lipinski definition) is 2. The number of benzene rings is 1. The third kappa shape index (κ3) is 4.26. The summed E-state index contributed by atoms with van der Waals surface area (Å²) >= 11 is 0. The topological polar surface area (TPSA) is 98.0 Å². The Labute approximate surface area is 142 Å². The van der Waals surface area contributed by atoms with Crippen molar-refractivity contribution in [2.75, 3.05) is 6.54 Å². The molecule has 3 N–H and O–H groups in total. The molecule has 1 fully saturated rings. The molecule has 1 aliphatic rings. The molecule has 0 amide bonds. The maximum atomic E-state index is 12.3. The van der Waals surface area contributed by atoms with Gasteiger partial charge >= 0.3 is 0 Å². The van der Waals surface area contributed by atoms with Gasteiger partial charge in [0, 0.05) is 18.2 Å². The summed E-state index contributed by atoms with van der Waals surface area (Å²) in [5, 5.41) is 0. The first-order chi connectivity index (χ1) is 10.6. The average molecular weight is 355 g/mol. The molecule has 1 atom stereocenters. The Balaban J connectivity index is 0.00000192. The molecule has 1 unspecified atom stereocenters. The molecule has 0 bridgehead atoms. The van der Waals surface area contributed by atoms with E-state index in [0.29, 0.717) is 18.3 Å². The van der Waals surface area contributed by atoms with Crippen LogP contribution < -0.4 is 10.5 Å². The molecule has 0 aliphatic heterocycles. The SMILES string of the molecule is Cl.NCC(NS(=O)(=O)c1cnc(-c2ccccc2)nc1)C1CC1. The fraction of sp³-hybridized carbons (Fsp3) is 0.333. The minimum absolute atomic E-state index is 0. The van der Waals surface area contributed by atoms with Gasteiger partial charge in [-0.05, 0) is 18.8 Å². The molecule has 23 heavy (non-hydrogen) atoms. The summed E-state index contributed by atoms with van der Waals surface area (Å²) in [4.78, 5) is 8.36. The van der Waals surface area contributed by atoms with Gasteiger partial charge in [-0.2, -0.15) is 0 Å². The molecule has 1 aromatic carbocycles. The average Bonchev–Trinajstić information content (AvgIpc) is 3.38. The molecule has 1 aromatic heterocycles. The maximum Gasteiger partial charge on any atom is 0.243 e. The lowest BCUT2D eigenvalue weighted by molar-refractivity contribution is 0.518. The van der Waals surface area contributed by atoms with Crippen molar-refractivity contribution < 1.29 is 8.42 Å². The van der Waals surface area contributed by atoms with Gasteiger partial charge in [-0.25, -0.2) is 23.1 Å². The van der Waals surface area contributed by atoms with E-state index in [1.165, 1.54) is 12.4 Å². The van der Waals surface area contributed by atoms with Crippen molar-refractivity contribution in [3.05, 3.63) is 42.7 Å². The van der Waals surface area contributed by atoms with Crippen molar-refractivity contribution >= 4 is 22.4 Å². The van der Waals surface area contributed by atoms with Crippen molar-refractivity contribution in [2.45, 2.75) is 23.8 Å². The first-order valence-electron chi connectivity index (χ1n) is 7.20. The third-order valence-corrected chi connectivity index (χ3v) is 5.17. The van der Waals surface area contributed by atoms with Crippen molar-refractivity contribution in [3.8, 4) is 11.4 Å². The van der Waals surface area contributed by atoms with E-state index in [4.69, 9.17) is 5.73 Å². The number of hydrogen-bond acceptors (Lipinski definition) is 5. The number of aromatic nitrogens is 2. The quantitative estimate of drug-likeness (QED) is 0.820. The van der Waals surface area contributed by atoms with Crippen LogP contribution in [0.4, 0.5) is 0 Å². The molecule has 1 aliphatic carbocycles. The molecule has 124 valence electrons. The van der Waals surface area contributed by atoms with Crippen molar-refractivity contribution in [2.24, 2.45) is 11.7 Å². The number of rotatable bonds is 6. The molecule has 3 rings (SSSR count). The monoisotopic (exact) mass is 354 g/mol. The van der Waals surface area contributed by atoms with Gasteiger partial charge in [-0.1, -0.05) is 30.3 Å². The van der Waals surface area contributed by atoms with Crippen LogP contribution in [0.3, 0.4) is 0 Å². The zero-order chi connectivity index (χ0) is 15.6. The summed E-state index contributed by atoms with van der Waals surface area (Å²) in [5.41, 5.74) is 6.49.